The van der Waals surface area contributed by atoms with E-state index in [-0.39, 0.29) is 0 Å². The first-order valence-corrected chi connectivity index (χ1v) is 8.32. The maximum atomic E-state index is 11.6. The Morgan fingerprint density at radius 1 is 1.05 bits per heavy atom. The molecule has 0 saturated heterocycles. The fourth-order valence-corrected chi connectivity index (χ4v) is 2.80. The number of hydrogen-bond acceptors (Lipinski definition) is 3. The summed E-state index contributed by atoms with van der Waals surface area (Å²) in [5, 5.41) is 3.46. The van der Waals surface area contributed by atoms with Crippen LogP contribution in [0.15, 0.2) is 29.2 Å². The van der Waals surface area contributed by atoms with Crippen LogP contribution in [0.4, 0.5) is 5.69 Å². The molecule has 1 rings (SSSR count). The van der Waals surface area contributed by atoms with Gasteiger partial charge in [-0.3, -0.25) is 0 Å². The maximum absolute atomic E-state index is 11.6. The minimum Gasteiger partial charge on any atom is -0.382 e. The van der Waals surface area contributed by atoms with Gasteiger partial charge in [-0.25, -0.2) is 13.1 Å². The third kappa shape index (κ3) is 4.84. The molecular formula is C14H24N2O2S. The number of sulfonamides is 1. The van der Waals surface area contributed by atoms with Crippen LogP contribution in [0.3, 0.4) is 0 Å². The van der Waals surface area contributed by atoms with E-state index < -0.39 is 10.0 Å². The summed E-state index contributed by atoms with van der Waals surface area (Å²) in [6.07, 6.45) is 4.54. The fourth-order valence-electron chi connectivity index (χ4n) is 2.07. The summed E-state index contributed by atoms with van der Waals surface area (Å²) in [5.74, 6) is 0. The summed E-state index contributed by atoms with van der Waals surface area (Å²) in [5.41, 5.74) is 0.974. The highest BCUT2D eigenvalue weighted by Crippen LogP contribution is 2.17. The number of hydrogen-bond donors (Lipinski definition) is 2. The molecule has 0 aromatic heterocycles. The predicted molar refractivity (Wildman–Crippen MR) is 79.9 cm³/mol. The van der Waals surface area contributed by atoms with Gasteiger partial charge in [0.15, 0.2) is 0 Å². The summed E-state index contributed by atoms with van der Waals surface area (Å²) in [6, 6.07) is 7.36. The molecule has 0 radical (unpaired) electrons. The van der Waals surface area contributed by atoms with E-state index in [0.717, 1.165) is 31.4 Å². The van der Waals surface area contributed by atoms with Gasteiger partial charge in [0.05, 0.1) is 4.90 Å². The predicted octanol–water partition coefficient (Wildman–Crippen LogP) is 2.98. The highest BCUT2D eigenvalue weighted by Gasteiger charge is 2.11. The molecule has 0 heterocycles. The van der Waals surface area contributed by atoms with E-state index in [2.05, 4.69) is 23.9 Å². The van der Waals surface area contributed by atoms with Crippen LogP contribution < -0.4 is 10.0 Å². The Morgan fingerprint density at radius 3 is 2.00 bits per heavy atom. The topological polar surface area (TPSA) is 58.2 Å². The van der Waals surface area contributed by atoms with E-state index >= 15 is 0 Å². The average molecular weight is 284 g/mol. The molecule has 0 atom stereocenters. The highest BCUT2D eigenvalue weighted by molar-refractivity contribution is 7.89. The normalized spacial score (nSPS) is 11.8. The van der Waals surface area contributed by atoms with Gasteiger partial charge in [0.2, 0.25) is 10.0 Å². The van der Waals surface area contributed by atoms with Crippen molar-refractivity contribution in [2.24, 2.45) is 0 Å². The Kier molecular flexibility index (Phi) is 6.31. The number of rotatable bonds is 8. The molecule has 2 N–H and O–H groups in total. The molecule has 0 aliphatic heterocycles. The lowest BCUT2D eigenvalue weighted by Crippen LogP contribution is -2.20. The first-order valence-electron chi connectivity index (χ1n) is 6.83. The fraction of sp³-hybridized carbons (Fsp3) is 0.571. The summed E-state index contributed by atoms with van der Waals surface area (Å²) in [6.45, 7) is 4.35. The summed E-state index contributed by atoms with van der Waals surface area (Å²) < 4.78 is 25.5. The molecule has 0 spiro atoms. The first kappa shape index (κ1) is 16.0. The lowest BCUT2D eigenvalue weighted by Gasteiger charge is -2.18. The van der Waals surface area contributed by atoms with Crippen LogP contribution in [-0.2, 0) is 10.0 Å². The molecule has 0 fully saturated rings. The molecule has 1 aromatic rings. The van der Waals surface area contributed by atoms with Crippen molar-refractivity contribution < 1.29 is 8.42 Å². The van der Waals surface area contributed by atoms with Gasteiger partial charge in [0.1, 0.15) is 0 Å². The van der Waals surface area contributed by atoms with E-state index in [1.807, 2.05) is 12.1 Å². The van der Waals surface area contributed by atoms with Gasteiger partial charge in [0.25, 0.3) is 0 Å². The smallest absolute Gasteiger partial charge is 0.240 e. The van der Waals surface area contributed by atoms with Gasteiger partial charge < -0.3 is 5.32 Å². The molecule has 1 aromatic carbocycles. The lowest BCUT2D eigenvalue weighted by molar-refractivity contribution is 0.586. The summed E-state index contributed by atoms with van der Waals surface area (Å²) in [4.78, 5) is 0.295. The third-order valence-corrected chi connectivity index (χ3v) is 4.51. The molecule has 0 aliphatic rings. The second-order valence-corrected chi connectivity index (χ2v) is 6.54. The molecule has 0 amide bonds. The average Bonchev–Trinajstić information content (AvgIpc) is 2.40. The van der Waals surface area contributed by atoms with E-state index in [1.54, 1.807) is 12.1 Å². The van der Waals surface area contributed by atoms with Crippen LogP contribution in [0.1, 0.15) is 39.5 Å². The van der Waals surface area contributed by atoms with E-state index in [4.69, 9.17) is 0 Å². The van der Waals surface area contributed by atoms with E-state index in [9.17, 15) is 8.42 Å². The minimum absolute atomic E-state index is 0.295. The monoisotopic (exact) mass is 284 g/mol. The van der Waals surface area contributed by atoms with Gasteiger partial charge in [-0.2, -0.15) is 0 Å². The Balaban J connectivity index is 2.76. The molecule has 0 aliphatic carbocycles. The minimum atomic E-state index is -3.34. The standard InChI is InChI=1S/C14H24N2O2S/c1-4-6-12(7-5-2)16-13-8-10-14(11-9-13)19(17,18)15-3/h8-12,15-16H,4-7H2,1-3H3. The zero-order valence-electron chi connectivity index (χ0n) is 11.9. The molecular weight excluding hydrogens is 260 g/mol. The van der Waals surface area contributed by atoms with Crippen molar-refractivity contribution in [2.75, 3.05) is 12.4 Å². The van der Waals surface area contributed by atoms with Crippen molar-refractivity contribution in [1.82, 2.24) is 4.72 Å². The van der Waals surface area contributed by atoms with Crippen molar-refractivity contribution in [1.29, 1.82) is 0 Å². The molecule has 0 saturated carbocycles. The van der Waals surface area contributed by atoms with Crippen molar-refractivity contribution in [2.45, 2.75) is 50.5 Å². The Morgan fingerprint density at radius 2 is 1.58 bits per heavy atom. The lowest BCUT2D eigenvalue weighted by atomic mass is 10.1. The second kappa shape index (κ2) is 7.50. The molecule has 4 nitrogen and oxygen atoms in total. The van der Waals surface area contributed by atoms with Gasteiger partial charge in [0, 0.05) is 11.7 Å². The highest BCUT2D eigenvalue weighted by atomic mass is 32.2. The SMILES string of the molecule is CCCC(CCC)Nc1ccc(S(=O)(=O)NC)cc1. The summed E-state index contributed by atoms with van der Waals surface area (Å²) >= 11 is 0. The van der Waals surface area contributed by atoms with Crippen LogP contribution in [0.25, 0.3) is 0 Å². The Hall–Kier alpha value is -1.07. The largest absolute Gasteiger partial charge is 0.382 e. The zero-order chi connectivity index (χ0) is 14.3. The molecule has 5 heteroatoms. The second-order valence-electron chi connectivity index (χ2n) is 4.65. The zero-order valence-corrected chi connectivity index (χ0v) is 12.8. The van der Waals surface area contributed by atoms with Crippen LogP contribution in [0.5, 0.6) is 0 Å². The van der Waals surface area contributed by atoms with Gasteiger partial charge >= 0.3 is 0 Å². The van der Waals surface area contributed by atoms with Gasteiger partial charge in [-0.15, -0.1) is 0 Å². The third-order valence-electron chi connectivity index (χ3n) is 3.08. The Bertz CT molecular complexity index is 463. The van der Waals surface area contributed by atoms with Crippen molar-refractivity contribution in [3.63, 3.8) is 0 Å². The van der Waals surface area contributed by atoms with Gasteiger partial charge in [-0.05, 0) is 44.2 Å². The van der Waals surface area contributed by atoms with Crippen LogP contribution in [0, 0.1) is 0 Å². The molecule has 0 bridgehead atoms. The van der Waals surface area contributed by atoms with Crippen molar-refractivity contribution in [3.05, 3.63) is 24.3 Å². The molecule has 0 unspecified atom stereocenters. The molecule has 108 valence electrons. The quantitative estimate of drug-likeness (QED) is 0.771. The number of benzene rings is 1. The van der Waals surface area contributed by atoms with Crippen molar-refractivity contribution >= 4 is 15.7 Å². The summed E-state index contributed by atoms with van der Waals surface area (Å²) in [7, 11) is -1.92. The number of nitrogens with one attached hydrogen (secondary N) is 2. The van der Waals surface area contributed by atoms with Crippen molar-refractivity contribution in [3.8, 4) is 0 Å². The maximum Gasteiger partial charge on any atom is 0.240 e. The van der Waals surface area contributed by atoms with E-state index in [0.29, 0.717) is 10.9 Å². The Labute approximate surface area is 116 Å². The number of anilines is 1. The molecule has 19 heavy (non-hydrogen) atoms. The van der Waals surface area contributed by atoms with E-state index in [1.165, 1.54) is 7.05 Å². The van der Waals surface area contributed by atoms with Gasteiger partial charge in [-0.1, -0.05) is 26.7 Å². The van der Waals surface area contributed by atoms with Crippen LogP contribution >= 0.6 is 0 Å². The van der Waals surface area contributed by atoms with Crippen LogP contribution in [-0.4, -0.2) is 21.5 Å². The first-order chi connectivity index (χ1) is 9.03. The van der Waals surface area contributed by atoms with Crippen LogP contribution in [0.2, 0.25) is 0 Å².